The smallest absolute Gasteiger partial charge is 0.303 e. The van der Waals surface area contributed by atoms with Gasteiger partial charge in [-0.3, -0.25) is 14.4 Å². The van der Waals surface area contributed by atoms with E-state index in [2.05, 4.69) is 0 Å². The van der Waals surface area contributed by atoms with Crippen molar-refractivity contribution in [3.63, 3.8) is 0 Å². The number of rotatable bonds is 2. The molecule has 0 aromatic heterocycles. The van der Waals surface area contributed by atoms with Crippen LogP contribution in [-0.2, 0) is 19.1 Å². The summed E-state index contributed by atoms with van der Waals surface area (Å²) >= 11 is 0. The summed E-state index contributed by atoms with van der Waals surface area (Å²) in [6, 6.07) is 0. The predicted molar refractivity (Wildman–Crippen MR) is 48.5 cm³/mol. The zero-order valence-electron chi connectivity index (χ0n) is 7.94. The van der Waals surface area contributed by atoms with E-state index in [0.717, 1.165) is 0 Å². The minimum Gasteiger partial charge on any atom is -0.447 e. The number of Topliss-reactive ketones (excluding diaryl/α,β-unsaturated/α-hetero) is 1. The van der Waals surface area contributed by atoms with Crippen molar-refractivity contribution in [2.45, 2.75) is 19.4 Å². The van der Waals surface area contributed by atoms with Crippen molar-refractivity contribution in [2.24, 2.45) is 0 Å². The van der Waals surface area contributed by atoms with Gasteiger partial charge in [0.15, 0.2) is 11.9 Å². The van der Waals surface area contributed by atoms with E-state index in [1.54, 1.807) is 0 Å². The topological polar surface area (TPSA) is 60.4 Å². The first-order valence-corrected chi connectivity index (χ1v) is 4.08. The number of allylic oxidation sites excluding steroid dienone is 2. The number of carbonyl (C=O) groups is 3. The van der Waals surface area contributed by atoms with Gasteiger partial charge in [0.2, 0.25) is 5.78 Å². The van der Waals surface area contributed by atoms with E-state index in [0.29, 0.717) is 6.29 Å². The fourth-order valence-corrected chi connectivity index (χ4v) is 1.25. The van der Waals surface area contributed by atoms with Gasteiger partial charge in [-0.15, -0.1) is 0 Å². The molecule has 0 amide bonds. The standard InChI is InChI=1S/C10H10O4/c1-7(12)14-10(2)5-3-4-8(6-11)9(10)13/h3-6H,1-2H3. The van der Waals surface area contributed by atoms with E-state index in [1.807, 2.05) is 0 Å². The third-order valence-corrected chi connectivity index (χ3v) is 1.89. The van der Waals surface area contributed by atoms with Crippen LogP contribution < -0.4 is 0 Å². The molecule has 0 aromatic carbocycles. The normalized spacial score (nSPS) is 25.6. The van der Waals surface area contributed by atoms with Gasteiger partial charge in [-0.2, -0.15) is 0 Å². The lowest BCUT2D eigenvalue weighted by molar-refractivity contribution is -0.157. The number of hydrogen-bond acceptors (Lipinski definition) is 4. The first-order chi connectivity index (χ1) is 6.49. The second kappa shape index (κ2) is 3.57. The Balaban J connectivity index is 2.99. The van der Waals surface area contributed by atoms with Gasteiger partial charge >= 0.3 is 5.97 Å². The molecule has 1 rings (SSSR count). The molecule has 4 nitrogen and oxygen atoms in total. The van der Waals surface area contributed by atoms with Gasteiger partial charge in [-0.25, -0.2) is 0 Å². The molecule has 4 heteroatoms. The maximum absolute atomic E-state index is 11.6. The van der Waals surface area contributed by atoms with Crippen molar-refractivity contribution < 1.29 is 19.1 Å². The first kappa shape index (κ1) is 10.4. The van der Waals surface area contributed by atoms with Crippen molar-refractivity contribution in [2.75, 3.05) is 0 Å². The van der Waals surface area contributed by atoms with E-state index < -0.39 is 17.4 Å². The molecule has 0 aliphatic heterocycles. The lowest BCUT2D eigenvalue weighted by Crippen LogP contribution is -2.40. The fraction of sp³-hybridized carbons (Fsp3) is 0.300. The number of ketones is 1. The van der Waals surface area contributed by atoms with E-state index in [-0.39, 0.29) is 5.57 Å². The third kappa shape index (κ3) is 1.79. The average molecular weight is 194 g/mol. The van der Waals surface area contributed by atoms with Crippen LogP contribution in [0.5, 0.6) is 0 Å². The molecular formula is C10H10O4. The molecule has 0 saturated heterocycles. The summed E-state index contributed by atoms with van der Waals surface area (Å²) in [5.74, 6) is -1.05. The molecule has 1 atom stereocenters. The molecule has 1 aliphatic carbocycles. The summed E-state index contributed by atoms with van der Waals surface area (Å²) in [7, 11) is 0. The molecule has 0 saturated carbocycles. The number of aldehydes is 1. The highest BCUT2D eigenvalue weighted by molar-refractivity contribution is 6.17. The Bertz CT molecular complexity index is 351. The molecule has 0 fully saturated rings. The minimum absolute atomic E-state index is 0.0104. The van der Waals surface area contributed by atoms with Crippen molar-refractivity contribution in [1.82, 2.24) is 0 Å². The predicted octanol–water partition coefficient (Wildman–Crippen LogP) is 0.572. The van der Waals surface area contributed by atoms with Gasteiger partial charge in [0.05, 0.1) is 5.57 Å². The summed E-state index contributed by atoms with van der Waals surface area (Å²) < 4.78 is 4.85. The van der Waals surface area contributed by atoms with Crippen molar-refractivity contribution in [3.8, 4) is 0 Å². The van der Waals surface area contributed by atoms with Crippen LogP contribution in [0.2, 0.25) is 0 Å². The molecule has 0 spiro atoms. The number of hydrogen-bond donors (Lipinski definition) is 0. The Morgan fingerprint density at radius 2 is 2.21 bits per heavy atom. The highest BCUT2D eigenvalue weighted by atomic mass is 16.6. The Labute approximate surface area is 81.2 Å². The van der Waals surface area contributed by atoms with Crippen LogP contribution in [0.4, 0.5) is 0 Å². The molecule has 74 valence electrons. The monoisotopic (exact) mass is 194 g/mol. The van der Waals surface area contributed by atoms with Gasteiger partial charge in [-0.1, -0.05) is 6.08 Å². The fourth-order valence-electron chi connectivity index (χ4n) is 1.25. The van der Waals surface area contributed by atoms with Crippen LogP contribution in [0.3, 0.4) is 0 Å². The van der Waals surface area contributed by atoms with Crippen molar-refractivity contribution >= 4 is 18.0 Å². The van der Waals surface area contributed by atoms with Gasteiger partial charge < -0.3 is 4.74 Å². The van der Waals surface area contributed by atoms with Crippen LogP contribution in [0.1, 0.15) is 13.8 Å². The SMILES string of the molecule is CC(=O)OC1(C)C=CC=C(C=O)C1=O. The highest BCUT2D eigenvalue weighted by Gasteiger charge is 2.37. The maximum Gasteiger partial charge on any atom is 0.303 e. The molecule has 1 aliphatic rings. The lowest BCUT2D eigenvalue weighted by Gasteiger charge is -2.25. The third-order valence-electron chi connectivity index (χ3n) is 1.89. The highest BCUT2D eigenvalue weighted by Crippen LogP contribution is 2.22. The Kier molecular flexibility index (Phi) is 2.65. The van der Waals surface area contributed by atoms with Gasteiger partial charge in [-0.05, 0) is 19.1 Å². The lowest BCUT2D eigenvalue weighted by atomic mass is 9.90. The van der Waals surface area contributed by atoms with Gasteiger partial charge in [0, 0.05) is 6.92 Å². The first-order valence-electron chi connectivity index (χ1n) is 4.08. The minimum atomic E-state index is -1.34. The maximum atomic E-state index is 11.6. The zero-order chi connectivity index (χ0) is 10.8. The van der Waals surface area contributed by atoms with E-state index in [4.69, 9.17) is 4.74 Å². The molecule has 0 N–H and O–H groups in total. The quantitative estimate of drug-likeness (QED) is 0.366. The molecule has 1 unspecified atom stereocenters. The van der Waals surface area contributed by atoms with Gasteiger partial charge in [0.25, 0.3) is 0 Å². The van der Waals surface area contributed by atoms with Crippen molar-refractivity contribution in [1.29, 1.82) is 0 Å². The molecule has 0 aromatic rings. The van der Waals surface area contributed by atoms with Crippen LogP contribution >= 0.6 is 0 Å². The van der Waals surface area contributed by atoms with E-state index in [1.165, 1.54) is 32.1 Å². The summed E-state index contributed by atoms with van der Waals surface area (Å²) in [5, 5.41) is 0. The molecular weight excluding hydrogens is 184 g/mol. The van der Waals surface area contributed by atoms with Crippen LogP contribution in [0.15, 0.2) is 23.8 Å². The summed E-state index contributed by atoms with van der Waals surface area (Å²) in [6.07, 6.45) is 4.81. The Hall–Kier alpha value is -1.71. The van der Waals surface area contributed by atoms with Crippen molar-refractivity contribution in [3.05, 3.63) is 23.8 Å². The zero-order valence-corrected chi connectivity index (χ0v) is 7.94. The number of ether oxygens (including phenoxy) is 1. The van der Waals surface area contributed by atoms with Crippen LogP contribution in [0.25, 0.3) is 0 Å². The summed E-state index contributed by atoms with van der Waals surface area (Å²) in [4.78, 5) is 32.8. The second-order valence-electron chi connectivity index (χ2n) is 3.13. The number of esters is 1. The Morgan fingerprint density at radius 3 is 2.71 bits per heavy atom. The van der Waals surface area contributed by atoms with Crippen LogP contribution in [0, 0.1) is 0 Å². The van der Waals surface area contributed by atoms with Crippen LogP contribution in [-0.4, -0.2) is 23.6 Å². The summed E-state index contributed by atoms with van der Waals surface area (Å²) in [5.41, 5.74) is -1.33. The summed E-state index contributed by atoms with van der Waals surface area (Å²) in [6.45, 7) is 2.66. The van der Waals surface area contributed by atoms with E-state index in [9.17, 15) is 14.4 Å². The average Bonchev–Trinajstić information content (AvgIpc) is 2.09. The molecule has 0 radical (unpaired) electrons. The molecule has 14 heavy (non-hydrogen) atoms. The van der Waals surface area contributed by atoms with E-state index >= 15 is 0 Å². The molecule has 0 bridgehead atoms. The van der Waals surface area contributed by atoms with Gasteiger partial charge in [0.1, 0.15) is 0 Å². The molecule has 0 heterocycles. The Morgan fingerprint density at radius 1 is 1.57 bits per heavy atom. The largest absolute Gasteiger partial charge is 0.447 e. The number of carbonyl (C=O) groups excluding carboxylic acids is 3. The second-order valence-corrected chi connectivity index (χ2v) is 3.13.